The number of amides is 2. The topological polar surface area (TPSA) is 115 Å². The molecule has 120 valence electrons. The Balaban J connectivity index is 2.12. The molecule has 0 spiro atoms. The van der Waals surface area contributed by atoms with E-state index in [0.717, 1.165) is 23.5 Å². The number of hydrogen-bond acceptors (Lipinski definition) is 6. The minimum absolute atomic E-state index is 0.282. The van der Waals surface area contributed by atoms with Crippen LogP contribution in [0.25, 0.3) is 0 Å². The highest BCUT2D eigenvalue weighted by Gasteiger charge is 2.01. The molecule has 0 bridgehead atoms. The van der Waals surface area contributed by atoms with E-state index in [9.17, 15) is 9.59 Å². The molecule has 1 aliphatic heterocycles. The monoisotopic (exact) mass is 308 g/mol. The molecule has 0 saturated carbocycles. The highest BCUT2D eigenvalue weighted by Crippen LogP contribution is 2.08. The molecular weight excluding hydrogens is 288 g/mol. The van der Waals surface area contributed by atoms with E-state index in [1.54, 1.807) is 17.6 Å². The number of nitrogens with zero attached hydrogens (tertiary/aromatic N) is 3. The van der Waals surface area contributed by atoms with Gasteiger partial charge in [0.2, 0.25) is 5.91 Å². The van der Waals surface area contributed by atoms with Gasteiger partial charge in [-0.3, -0.25) is 20.0 Å². The molecule has 8 nitrogen and oxygen atoms in total. The van der Waals surface area contributed by atoms with Crippen molar-refractivity contribution in [2.75, 3.05) is 0 Å². The minimum Gasteiger partial charge on any atom is -0.289 e. The molecule has 8 heteroatoms. The fourth-order valence-corrected chi connectivity index (χ4v) is 1.70. The second kappa shape index (κ2) is 10.4. The first kappa shape index (κ1) is 17.7. The SMILES string of the molecule is O=C(CCCCCCC(=O)NO)N=NC=C1C=CN(O)C=C1. The summed E-state index contributed by atoms with van der Waals surface area (Å²) in [6.07, 6.45) is 11.2. The molecule has 1 rings (SSSR count). The van der Waals surface area contributed by atoms with Crippen LogP contribution in [-0.2, 0) is 9.59 Å². The summed E-state index contributed by atoms with van der Waals surface area (Å²) >= 11 is 0. The standard InChI is InChI=1S/C14H20N4O4/c19-13(5-3-1-2-4-6-14(20)17-21)16-15-11-12-7-9-18(22)10-8-12/h7-11,21-22H,1-6H2,(H,17,20). The molecule has 22 heavy (non-hydrogen) atoms. The lowest BCUT2D eigenvalue weighted by Crippen LogP contribution is -2.17. The van der Waals surface area contributed by atoms with Crippen molar-refractivity contribution in [1.29, 1.82) is 0 Å². The van der Waals surface area contributed by atoms with Crippen LogP contribution in [0.5, 0.6) is 0 Å². The van der Waals surface area contributed by atoms with Crippen molar-refractivity contribution in [3.05, 3.63) is 36.3 Å². The Kier molecular flexibility index (Phi) is 8.39. The number of rotatable bonds is 8. The van der Waals surface area contributed by atoms with Gasteiger partial charge in [0.25, 0.3) is 5.91 Å². The maximum absolute atomic E-state index is 11.5. The number of nitrogens with one attached hydrogen (secondary N) is 1. The molecule has 0 aliphatic carbocycles. The fourth-order valence-electron chi connectivity index (χ4n) is 1.70. The smallest absolute Gasteiger partial charge is 0.264 e. The van der Waals surface area contributed by atoms with Gasteiger partial charge in [-0.05, 0) is 30.6 Å². The van der Waals surface area contributed by atoms with Crippen molar-refractivity contribution in [2.24, 2.45) is 10.2 Å². The van der Waals surface area contributed by atoms with Gasteiger partial charge in [-0.25, -0.2) is 10.5 Å². The maximum Gasteiger partial charge on any atom is 0.264 e. The lowest BCUT2D eigenvalue weighted by atomic mass is 10.1. The number of unbranched alkanes of at least 4 members (excludes halogenated alkanes) is 3. The third kappa shape index (κ3) is 8.08. The van der Waals surface area contributed by atoms with Crippen LogP contribution in [0.3, 0.4) is 0 Å². The fraction of sp³-hybridized carbons (Fsp3) is 0.429. The van der Waals surface area contributed by atoms with Gasteiger partial charge in [0.1, 0.15) is 0 Å². The Hall–Kier alpha value is -2.32. The molecular formula is C14H20N4O4. The lowest BCUT2D eigenvalue weighted by Gasteiger charge is -2.08. The van der Waals surface area contributed by atoms with Crippen LogP contribution in [0.15, 0.2) is 46.6 Å². The summed E-state index contributed by atoms with van der Waals surface area (Å²) in [6.45, 7) is 0. The third-order valence-corrected chi connectivity index (χ3v) is 2.88. The van der Waals surface area contributed by atoms with E-state index in [0.29, 0.717) is 19.3 Å². The van der Waals surface area contributed by atoms with Gasteiger partial charge in [-0.15, -0.1) is 5.11 Å². The average Bonchev–Trinajstić information content (AvgIpc) is 2.52. The van der Waals surface area contributed by atoms with E-state index < -0.39 is 5.91 Å². The summed E-state index contributed by atoms with van der Waals surface area (Å²) in [7, 11) is 0. The van der Waals surface area contributed by atoms with Crippen LogP contribution in [-0.4, -0.2) is 27.3 Å². The molecule has 0 aromatic rings. The van der Waals surface area contributed by atoms with E-state index in [-0.39, 0.29) is 12.3 Å². The molecule has 2 amide bonds. The van der Waals surface area contributed by atoms with Crippen molar-refractivity contribution >= 4 is 11.8 Å². The Morgan fingerprint density at radius 2 is 1.77 bits per heavy atom. The number of carbonyl (C=O) groups excluding carboxylic acids is 2. The molecule has 1 heterocycles. The summed E-state index contributed by atoms with van der Waals surface area (Å²) < 4.78 is 0. The predicted molar refractivity (Wildman–Crippen MR) is 77.5 cm³/mol. The summed E-state index contributed by atoms with van der Waals surface area (Å²) in [4.78, 5) is 22.2. The summed E-state index contributed by atoms with van der Waals surface area (Å²) in [5.74, 6) is -0.689. The Labute approximate surface area is 128 Å². The molecule has 0 aromatic carbocycles. The van der Waals surface area contributed by atoms with Crippen molar-refractivity contribution in [3.63, 3.8) is 0 Å². The van der Waals surface area contributed by atoms with Crippen LogP contribution in [0.2, 0.25) is 0 Å². The van der Waals surface area contributed by atoms with Crippen LogP contribution in [0.1, 0.15) is 38.5 Å². The van der Waals surface area contributed by atoms with Crippen molar-refractivity contribution < 1.29 is 20.0 Å². The first-order valence-electron chi connectivity index (χ1n) is 7.02. The normalized spacial score (nSPS) is 13.7. The van der Waals surface area contributed by atoms with Gasteiger partial charge in [0.05, 0.1) is 6.20 Å². The number of azo groups is 1. The van der Waals surface area contributed by atoms with Crippen molar-refractivity contribution in [1.82, 2.24) is 10.5 Å². The maximum atomic E-state index is 11.5. The van der Waals surface area contributed by atoms with E-state index in [1.807, 2.05) is 0 Å². The second-order valence-electron chi connectivity index (χ2n) is 4.70. The number of hydroxylamine groups is 3. The van der Waals surface area contributed by atoms with Crippen molar-refractivity contribution in [2.45, 2.75) is 38.5 Å². The van der Waals surface area contributed by atoms with Crippen molar-refractivity contribution in [3.8, 4) is 0 Å². The van der Waals surface area contributed by atoms with Gasteiger partial charge < -0.3 is 0 Å². The predicted octanol–water partition coefficient (Wildman–Crippen LogP) is 2.43. The van der Waals surface area contributed by atoms with Crippen LogP contribution >= 0.6 is 0 Å². The molecule has 0 unspecified atom stereocenters. The zero-order valence-corrected chi connectivity index (χ0v) is 12.2. The van der Waals surface area contributed by atoms with Crippen LogP contribution < -0.4 is 5.48 Å². The molecule has 0 fully saturated rings. The first-order chi connectivity index (χ1) is 10.6. The van der Waals surface area contributed by atoms with E-state index in [2.05, 4.69) is 10.2 Å². The highest BCUT2D eigenvalue weighted by molar-refractivity contribution is 5.76. The Bertz CT molecular complexity index is 481. The third-order valence-electron chi connectivity index (χ3n) is 2.88. The molecule has 0 radical (unpaired) electrons. The van der Waals surface area contributed by atoms with Gasteiger partial charge in [-0.2, -0.15) is 5.11 Å². The molecule has 0 saturated heterocycles. The first-order valence-corrected chi connectivity index (χ1v) is 7.02. The molecule has 1 aliphatic rings. The molecule has 3 N–H and O–H groups in total. The van der Waals surface area contributed by atoms with E-state index in [4.69, 9.17) is 10.4 Å². The van der Waals surface area contributed by atoms with Crippen LogP contribution in [0.4, 0.5) is 0 Å². The zero-order valence-electron chi connectivity index (χ0n) is 12.2. The highest BCUT2D eigenvalue weighted by atomic mass is 16.5. The largest absolute Gasteiger partial charge is 0.289 e. The Morgan fingerprint density at radius 1 is 1.14 bits per heavy atom. The van der Waals surface area contributed by atoms with E-state index in [1.165, 1.54) is 18.6 Å². The Morgan fingerprint density at radius 3 is 2.41 bits per heavy atom. The number of hydrogen-bond donors (Lipinski definition) is 3. The molecule has 0 atom stereocenters. The van der Waals surface area contributed by atoms with Crippen LogP contribution in [0, 0.1) is 0 Å². The zero-order chi connectivity index (χ0) is 16.2. The number of carbonyl (C=O) groups is 2. The summed E-state index contributed by atoms with van der Waals surface area (Å²) in [5, 5.41) is 25.5. The summed E-state index contributed by atoms with van der Waals surface area (Å²) in [5.41, 5.74) is 2.30. The van der Waals surface area contributed by atoms with Gasteiger partial charge >= 0.3 is 0 Å². The van der Waals surface area contributed by atoms with Gasteiger partial charge in [-0.1, -0.05) is 12.8 Å². The van der Waals surface area contributed by atoms with Gasteiger partial charge in [0, 0.05) is 25.2 Å². The summed E-state index contributed by atoms with van der Waals surface area (Å²) in [6, 6.07) is 0. The number of allylic oxidation sites excluding steroid dienone is 3. The average molecular weight is 308 g/mol. The molecule has 0 aromatic heterocycles. The van der Waals surface area contributed by atoms with Gasteiger partial charge in [0.15, 0.2) is 0 Å². The van der Waals surface area contributed by atoms with E-state index >= 15 is 0 Å². The minimum atomic E-state index is -0.395. The quantitative estimate of drug-likeness (QED) is 0.276. The second-order valence-corrected chi connectivity index (χ2v) is 4.70. The lowest BCUT2D eigenvalue weighted by molar-refractivity contribution is -0.129.